The molecule has 0 aliphatic heterocycles. The van der Waals surface area contributed by atoms with E-state index >= 15 is 0 Å². The summed E-state index contributed by atoms with van der Waals surface area (Å²) in [5, 5.41) is 6.28. The molecule has 0 bridgehead atoms. The van der Waals surface area contributed by atoms with Crippen LogP contribution in [0.4, 0.5) is 0 Å². The maximum absolute atomic E-state index is 2.65. The van der Waals surface area contributed by atoms with Gasteiger partial charge in [0.2, 0.25) is 0 Å². The summed E-state index contributed by atoms with van der Waals surface area (Å²) >= 11 is 0. The van der Waals surface area contributed by atoms with Gasteiger partial charge in [0, 0.05) is 0 Å². The summed E-state index contributed by atoms with van der Waals surface area (Å²) in [6.45, 7) is 20.9. The Bertz CT molecular complexity index is 1270. The van der Waals surface area contributed by atoms with Crippen LogP contribution in [0.3, 0.4) is 0 Å². The normalized spacial score (nSPS) is 10.7. The fraction of sp³-hybridized carbons (Fsp3) is 0.395. The molecule has 0 saturated carbocycles. The molecule has 0 N–H and O–H groups in total. The van der Waals surface area contributed by atoms with E-state index in [-0.39, 0.29) is 58.9 Å². The van der Waals surface area contributed by atoms with Gasteiger partial charge in [-0.3, -0.25) is 0 Å². The van der Waals surface area contributed by atoms with Gasteiger partial charge < -0.3 is 37.2 Å². The minimum atomic E-state index is -2.65. The van der Waals surface area contributed by atoms with E-state index in [1.165, 1.54) is 50.1 Å². The Morgan fingerprint density at radius 1 is 0.442 bits per heavy atom. The summed E-state index contributed by atoms with van der Waals surface area (Å²) in [5.41, 5.74) is 13.1. The standard InChI is InChI=1S/C38H49Si.3ClH.Ti/c1-10-29-17-30(11-2)21-35(20-29)39(38-27(8)16-26(7)28(38)9,36-22-31(12-3)18-32(13-4)23-36)37-24-33(14-5)19-34(15-6)25-37;;;;/h16-25H,10-15H2,1-9H3;3*1H;/q-1;;;;+4/p-3. The molecule has 0 spiro atoms. The molecule has 0 nitrogen and oxygen atoms in total. The van der Waals surface area contributed by atoms with Gasteiger partial charge in [-0.05, 0) is 71.9 Å². The van der Waals surface area contributed by atoms with Crippen molar-refractivity contribution in [1.82, 2.24) is 0 Å². The number of benzene rings is 3. The molecular weight excluding hydrogens is 639 g/mol. The van der Waals surface area contributed by atoms with Crippen molar-refractivity contribution in [3.8, 4) is 0 Å². The molecule has 0 saturated heterocycles. The van der Waals surface area contributed by atoms with Gasteiger partial charge in [0.05, 0.1) is 0 Å². The fourth-order valence-corrected chi connectivity index (χ4v) is 12.4. The van der Waals surface area contributed by atoms with Crippen molar-refractivity contribution in [3.63, 3.8) is 0 Å². The SMILES string of the molecule is CCc1cc(CC)cc([Si](c2cc(CC)cc(CC)c2)(c2cc(CC)cc(CC)c2)[c-]2c(C)cc(C)c2C)c1.[Cl-].[Cl-].[Cl-].[Ti+4]. The van der Waals surface area contributed by atoms with Gasteiger partial charge in [-0.15, -0.1) is 5.19 Å². The average molecular weight is 688 g/mol. The Balaban J connectivity index is 0.00000441. The third-order valence-electron chi connectivity index (χ3n) is 9.08. The zero-order chi connectivity index (χ0) is 28.3. The summed E-state index contributed by atoms with van der Waals surface area (Å²) in [7, 11) is -2.65. The van der Waals surface area contributed by atoms with Crippen molar-refractivity contribution in [2.45, 2.75) is 101 Å². The third-order valence-corrected chi connectivity index (χ3v) is 14.1. The predicted molar refractivity (Wildman–Crippen MR) is 176 cm³/mol. The molecular formula is C38H49Cl3SiTi. The first-order valence-electron chi connectivity index (χ1n) is 15.4. The van der Waals surface area contributed by atoms with Gasteiger partial charge in [0.15, 0.2) is 0 Å². The van der Waals surface area contributed by atoms with E-state index in [0.29, 0.717) is 0 Å². The van der Waals surface area contributed by atoms with Crippen molar-refractivity contribution >= 4 is 28.8 Å². The van der Waals surface area contributed by atoms with Crippen LogP contribution in [-0.4, -0.2) is 8.07 Å². The molecule has 0 heterocycles. The topological polar surface area (TPSA) is 0 Å². The number of hydrogen-bond acceptors (Lipinski definition) is 0. The van der Waals surface area contributed by atoms with E-state index in [2.05, 4.69) is 123 Å². The van der Waals surface area contributed by atoms with Crippen molar-refractivity contribution < 1.29 is 58.9 Å². The number of aryl methyl sites for hydroxylation is 8. The molecule has 0 aliphatic rings. The zero-order valence-electron chi connectivity index (χ0n) is 27.7. The van der Waals surface area contributed by atoms with E-state index in [0.717, 1.165) is 38.5 Å². The van der Waals surface area contributed by atoms with Crippen LogP contribution in [-0.2, 0) is 60.2 Å². The number of halogens is 3. The number of rotatable bonds is 10. The molecule has 230 valence electrons. The van der Waals surface area contributed by atoms with Crippen molar-refractivity contribution in [2.75, 3.05) is 0 Å². The molecule has 0 aliphatic carbocycles. The molecule has 0 aromatic heterocycles. The minimum Gasteiger partial charge on any atom is -1.00 e. The Morgan fingerprint density at radius 3 is 0.884 bits per heavy atom. The van der Waals surface area contributed by atoms with Gasteiger partial charge in [-0.1, -0.05) is 132 Å². The predicted octanol–water partition coefficient (Wildman–Crippen LogP) is -1.91. The molecule has 0 unspecified atom stereocenters. The van der Waals surface area contributed by atoms with Crippen LogP contribution in [0.25, 0.3) is 0 Å². The van der Waals surface area contributed by atoms with Crippen molar-refractivity contribution in [2.24, 2.45) is 0 Å². The average Bonchev–Trinajstić information content (AvgIpc) is 3.23. The van der Waals surface area contributed by atoms with Crippen LogP contribution >= 0.6 is 0 Å². The molecule has 5 heteroatoms. The van der Waals surface area contributed by atoms with Gasteiger partial charge in [0.25, 0.3) is 0 Å². The summed E-state index contributed by atoms with van der Waals surface area (Å²) in [5.74, 6) is 0. The molecule has 4 aromatic carbocycles. The van der Waals surface area contributed by atoms with Gasteiger partial charge in [-0.2, -0.15) is 16.7 Å². The van der Waals surface area contributed by atoms with Crippen molar-refractivity contribution in [3.05, 3.63) is 111 Å². The summed E-state index contributed by atoms with van der Waals surface area (Å²) < 4.78 is 0. The van der Waals surface area contributed by atoms with Gasteiger partial charge >= 0.3 is 21.7 Å². The summed E-state index contributed by atoms with van der Waals surface area (Å²) in [6, 6.07) is 25.3. The van der Waals surface area contributed by atoms with E-state index < -0.39 is 8.07 Å². The second-order valence-corrected chi connectivity index (χ2v) is 15.2. The van der Waals surface area contributed by atoms with Crippen LogP contribution in [0.15, 0.2) is 60.7 Å². The summed E-state index contributed by atoms with van der Waals surface area (Å²) in [4.78, 5) is 0. The largest absolute Gasteiger partial charge is 4.00 e. The maximum Gasteiger partial charge on any atom is 4.00 e. The van der Waals surface area contributed by atoms with Crippen LogP contribution in [0.1, 0.15) is 91.6 Å². The zero-order valence-corrected chi connectivity index (χ0v) is 32.5. The maximum atomic E-state index is 2.58. The van der Waals surface area contributed by atoms with E-state index in [1.54, 1.807) is 20.7 Å². The van der Waals surface area contributed by atoms with E-state index in [4.69, 9.17) is 0 Å². The van der Waals surface area contributed by atoms with Crippen LogP contribution in [0, 0.1) is 20.8 Å². The quantitative estimate of drug-likeness (QED) is 0.104. The van der Waals surface area contributed by atoms with E-state index in [9.17, 15) is 0 Å². The van der Waals surface area contributed by atoms with Gasteiger partial charge in [0.1, 0.15) is 8.07 Å². The second kappa shape index (κ2) is 18.1. The first-order valence-corrected chi connectivity index (χ1v) is 17.4. The smallest absolute Gasteiger partial charge is 1.00 e. The first kappa shape index (κ1) is 41.8. The van der Waals surface area contributed by atoms with Crippen LogP contribution in [0.5, 0.6) is 0 Å². The molecule has 0 radical (unpaired) electrons. The molecule has 0 amide bonds. The molecule has 4 aromatic rings. The van der Waals surface area contributed by atoms with Gasteiger partial charge in [-0.25, -0.2) is 6.07 Å². The molecule has 4 rings (SSSR count). The Hall–Kier alpha value is -1.19. The van der Waals surface area contributed by atoms with Crippen molar-refractivity contribution in [1.29, 1.82) is 0 Å². The first-order chi connectivity index (χ1) is 18.7. The van der Waals surface area contributed by atoms with E-state index in [1.807, 2.05) is 0 Å². The van der Waals surface area contributed by atoms with Crippen LogP contribution < -0.4 is 58.0 Å². The Kier molecular flexibility index (Phi) is 17.6. The fourth-order valence-electron chi connectivity index (χ4n) is 6.67. The third kappa shape index (κ3) is 8.16. The second-order valence-electron chi connectivity index (χ2n) is 11.5. The number of hydrogen-bond donors (Lipinski definition) is 0. The minimum absolute atomic E-state index is 0. The molecule has 0 fully saturated rings. The molecule has 43 heavy (non-hydrogen) atoms. The Morgan fingerprint density at radius 2 is 0.698 bits per heavy atom. The molecule has 0 atom stereocenters. The van der Waals surface area contributed by atoms with Crippen LogP contribution in [0.2, 0.25) is 0 Å². The summed E-state index contributed by atoms with van der Waals surface area (Å²) in [6.07, 6.45) is 6.38. The Labute approximate surface area is 297 Å². The monoisotopic (exact) mass is 686 g/mol.